The number of amides is 1. The summed E-state index contributed by atoms with van der Waals surface area (Å²) in [4.78, 5) is 12.3. The van der Waals surface area contributed by atoms with Crippen molar-refractivity contribution in [2.75, 3.05) is 19.8 Å². The van der Waals surface area contributed by atoms with Crippen LogP contribution in [0.15, 0.2) is 42.5 Å². The molecule has 0 saturated carbocycles. The summed E-state index contributed by atoms with van der Waals surface area (Å²) in [7, 11) is 0. The molecular weight excluding hydrogens is 350 g/mol. The van der Waals surface area contributed by atoms with E-state index in [9.17, 15) is 4.79 Å². The molecule has 2 aromatic carbocycles. The smallest absolute Gasteiger partial charge is 0.251 e. The number of para-hydroxylation sites is 1. The fraction of sp³-hybridized carbons (Fsp3) is 0.381. The summed E-state index contributed by atoms with van der Waals surface area (Å²) < 4.78 is 11.1. The summed E-state index contributed by atoms with van der Waals surface area (Å²) >= 11 is 6.13. The molecule has 0 saturated heterocycles. The third-order valence-electron chi connectivity index (χ3n) is 3.84. The molecule has 0 radical (unpaired) electrons. The summed E-state index contributed by atoms with van der Waals surface area (Å²) in [6, 6.07) is 13.1. The lowest BCUT2D eigenvalue weighted by Gasteiger charge is -2.11. The molecule has 0 aromatic heterocycles. The second-order valence-electron chi connectivity index (χ2n) is 5.89. The van der Waals surface area contributed by atoms with Gasteiger partial charge in [0.15, 0.2) is 0 Å². The van der Waals surface area contributed by atoms with Crippen LogP contribution in [0.4, 0.5) is 0 Å². The Kier molecular flexibility index (Phi) is 8.29. The molecule has 0 unspecified atom stereocenters. The van der Waals surface area contributed by atoms with Crippen molar-refractivity contribution in [2.45, 2.75) is 33.1 Å². The molecule has 1 amide bonds. The van der Waals surface area contributed by atoms with Gasteiger partial charge in [-0.1, -0.05) is 36.7 Å². The first kappa shape index (κ1) is 20.1. The summed E-state index contributed by atoms with van der Waals surface area (Å²) in [6.45, 7) is 5.82. The van der Waals surface area contributed by atoms with Crippen LogP contribution >= 0.6 is 11.6 Å². The van der Waals surface area contributed by atoms with Gasteiger partial charge in [-0.15, -0.1) is 0 Å². The standard InChI is InChI=1S/C21H26ClNO3/c1-3-14-26-19-10-6-5-8-16(19)9-7-13-23-21(24)17-11-12-20(25-4-2)18(22)15-17/h5-6,8,10-12,15H,3-4,7,9,13-14H2,1-2H3,(H,23,24). The minimum atomic E-state index is -0.134. The minimum absolute atomic E-state index is 0.134. The molecule has 1 N–H and O–H groups in total. The number of hydrogen-bond acceptors (Lipinski definition) is 3. The van der Waals surface area contributed by atoms with Gasteiger partial charge in [-0.3, -0.25) is 4.79 Å². The third-order valence-corrected chi connectivity index (χ3v) is 4.13. The second-order valence-corrected chi connectivity index (χ2v) is 6.30. The Labute approximate surface area is 160 Å². The first-order valence-corrected chi connectivity index (χ1v) is 9.44. The number of ether oxygens (including phenoxy) is 2. The van der Waals surface area contributed by atoms with E-state index in [1.807, 2.05) is 25.1 Å². The van der Waals surface area contributed by atoms with Crippen LogP contribution in [0.25, 0.3) is 0 Å². The molecule has 0 fully saturated rings. The van der Waals surface area contributed by atoms with Crippen molar-refractivity contribution in [1.29, 1.82) is 0 Å². The highest BCUT2D eigenvalue weighted by molar-refractivity contribution is 6.32. The van der Waals surface area contributed by atoms with Crippen LogP contribution in [-0.4, -0.2) is 25.7 Å². The number of benzene rings is 2. The first-order valence-electron chi connectivity index (χ1n) is 9.07. The van der Waals surface area contributed by atoms with Crippen LogP contribution in [-0.2, 0) is 6.42 Å². The van der Waals surface area contributed by atoms with E-state index in [2.05, 4.69) is 18.3 Å². The topological polar surface area (TPSA) is 47.6 Å². The number of carbonyl (C=O) groups excluding carboxylic acids is 1. The molecule has 4 nitrogen and oxygen atoms in total. The monoisotopic (exact) mass is 375 g/mol. The predicted molar refractivity (Wildman–Crippen MR) is 106 cm³/mol. The van der Waals surface area contributed by atoms with Crippen LogP contribution in [0, 0.1) is 0 Å². The van der Waals surface area contributed by atoms with Crippen molar-refractivity contribution >= 4 is 17.5 Å². The molecule has 2 rings (SSSR count). The molecule has 2 aromatic rings. The van der Waals surface area contributed by atoms with Crippen LogP contribution < -0.4 is 14.8 Å². The van der Waals surface area contributed by atoms with E-state index in [1.54, 1.807) is 18.2 Å². The van der Waals surface area contributed by atoms with E-state index in [1.165, 1.54) is 5.56 Å². The maximum absolute atomic E-state index is 12.3. The molecule has 0 aliphatic carbocycles. The maximum atomic E-state index is 12.3. The Hall–Kier alpha value is -2.20. The second kappa shape index (κ2) is 10.7. The van der Waals surface area contributed by atoms with Crippen molar-refractivity contribution in [3.8, 4) is 11.5 Å². The molecule has 0 heterocycles. The van der Waals surface area contributed by atoms with Gasteiger partial charge in [-0.2, -0.15) is 0 Å². The van der Waals surface area contributed by atoms with Gasteiger partial charge < -0.3 is 14.8 Å². The van der Waals surface area contributed by atoms with Gasteiger partial charge >= 0.3 is 0 Å². The highest BCUT2D eigenvalue weighted by Gasteiger charge is 2.09. The molecule has 0 spiro atoms. The van der Waals surface area contributed by atoms with Crippen LogP contribution in [0.2, 0.25) is 5.02 Å². The van der Waals surface area contributed by atoms with Crippen molar-refractivity contribution in [3.05, 3.63) is 58.6 Å². The van der Waals surface area contributed by atoms with E-state index < -0.39 is 0 Å². The van der Waals surface area contributed by atoms with E-state index in [4.69, 9.17) is 21.1 Å². The Morgan fingerprint density at radius 3 is 2.62 bits per heavy atom. The highest BCUT2D eigenvalue weighted by atomic mass is 35.5. The lowest BCUT2D eigenvalue weighted by atomic mass is 10.1. The molecule has 140 valence electrons. The fourth-order valence-corrected chi connectivity index (χ4v) is 2.80. The number of nitrogens with one attached hydrogen (secondary N) is 1. The Bertz CT molecular complexity index is 718. The fourth-order valence-electron chi connectivity index (χ4n) is 2.56. The summed E-state index contributed by atoms with van der Waals surface area (Å²) in [5.41, 5.74) is 1.70. The number of rotatable bonds is 10. The van der Waals surface area contributed by atoms with Gasteiger partial charge in [0.1, 0.15) is 11.5 Å². The molecule has 0 aliphatic heterocycles. The number of halogens is 1. The normalized spacial score (nSPS) is 10.4. The van der Waals surface area contributed by atoms with Crippen LogP contribution in [0.3, 0.4) is 0 Å². The van der Waals surface area contributed by atoms with Crippen molar-refractivity contribution in [2.24, 2.45) is 0 Å². The predicted octanol–water partition coefficient (Wildman–Crippen LogP) is 4.89. The average molecular weight is 376 g/mol. The van der Waals surface area contributed by atoms with Gasteiger partial charge in [-0.05, 0) is 56.0 Å². The zero-order chi connectivity index (χ0) is 18.8. The summed E-state index contributed by atoms with van der Waals surface area (Å²) in [5, 5.41) is 3.38. The molecule has 0 bridgehead atoms. The van der Waals surface area contributed by atoms with Gasteiger partial charge in [0.05, 0.1) is 18.2 Å². The van der Waals surface area contributed by atoms with Crippen molar-refractivity contribution < 1.29 is 14.3 Å². The van der Waals surface area contributed by atoms with E-state index in [0.717, 1.165) is 25.0 Å². The zero-order valence-corrected chi connectivity index (χ0v) is 16.1. The van der Waals surface area contributed by atoms with E-state index in [-0.39, 0.29) is 5.91 Å². The SMILES string of the molecule is CCCOc1ccccc1CCCNC(=O)c1ccc(OCC)c(Cl)c1. The quantitative estimate of drug-likeness (QED) is 0.601. The summed E-state index contributed by atoms with van der Waals surface area (Å²) in [6.07, 6.45) is 2.67. The lowest BCUT2D eigenvalue weighted by molar-refractivity contribution is 0.0953. The van der Waals surface area contributed by atoms with Gasteiger partial charge in [-0.25, -0.2) is 0 Å². The van der Waals surface area contributed by atoms with Crippen LogP contribution in [0.5, 0.6) is 11.5 Å². The van der Waals surface area contributed by atoms with Crippen LogP contribution in [0.1, 0.15) is 42.6 Å². The van der Waals surface area contributed by atoms with E-state index in [0.29, 0.717) is 36.1 Å². The Morgan fingerprint density at radius 1 is 1.08 bits per heavy atom. The van der Waals surface area contributed by atoms with Gasteiger partial charge in [0.25, 0.3) is 5.91 Å². The third kappa shape index (κ3) is 5.95. The van der Waals surface area contributed by atoms with E-state index >= 15 is 0 Å². The molecule has 26 heavy (non-hydrogen) atoms. The van der Waals surface area contributed by atoms with Crippen molar-refractivity contribution in [1.82, 2.24) is 5.32 Å². The van der Waals surface area contributed by atoms with Crippen molar-refractivity contribution in [3.63, 3.8) is 0 Å². The number of aryl methyl sites for hydroxylation is 1. The molecular formula is C21H26ClNO3. The van der Waals surface area contributed by atoms with Gasteiger partial charge in [0, 0.05) is 12.1 Å². The number of hydrogen-bond donors (Lipinski definition) is 1. The highest BCUT2D eigenvalue weighted by Crippen LogP contribution is 2.25. The maximum Gasteiger partial charge on any atom is 0.251 e. The molecule has 0 aliphatic rings. The summed E-state index contributed by atoms with van der Waals surface area (Å²) in [5.74, 6) is 1.39. The molecule has 0 atom stereocenters. The largest absolute Gasteiger partial charge is 0.493 e. The Morgan fingerprint density at radius 2 is 1.88 bits per heavy atom. The Balaban J connectivity index is 1.83. The van der Waals surface area contributed by atoms with Gasteiger partial charge in [0.2, 0.25) is 0 Å². The number of carbonyl (C=O) groups is 1. The lowest BCUT2D eigenvalue weighted by Crippen LogP contribution is -2.24. The minimum Gasteiger partial charge on any atom is -0.493 e. The average Bonchev–Trinajstić information content (AvgIpc) is 2.66. The zero-order valence-electron chi connectivity index (χ0n) is 15.4. The first-order chi connectivity index (χ1) is 12.7. The molecule has 5 heteroatoms.